The quantitative estimate of drug-likeness (QED) is 0.698. The van der Waals surface area contributed by atoms with Crippen molar-refractivity contribution < 1.29 is 24.1 Å². The van der Waals surface area contributed by atoms with E-state index in [9.17, 15) is 5.11 Å². The summed E-state index contributed by atoms with van der Waals surface area (Å²) >= 11 is 1.32. The van der Waals surface area contributed by atoms with Crippen LogP contribution in [-0.2, 0) is 0 Å². The summed E-state index contributed by atoms with van der Waals surface area (Å²) in [5.74, 6) is 2.24. The smallest absolute Gasteiger partial charge is 0.170 e. The third kappa shape index (κ3) is 3.13. The zero-order valence-corrected chi connectivity index (χ0v) is 15.7. The molecule has 2 aromatic carbocycles. The number of hydrogen-bond acceptors (Lipinski definition) is 7. The maximum absolute atomic E-state index is 10.1. The molecule has 0 aliphatic carbocycles. The van der Waals surface area contributed by atoms with Crippen LogP contribution in [0.15, 0.2) is 35.7 Å². The van der Waals surface area contributed by atoms with Crippen LogP contribution >= 0.6 is 11.5 Å². The third-order valence-corrected chi connectivity index (χ3v) is 4.63. The van der Waals surface area contributed by atoms with Crippen LogP contribution in [0.3, 0.4) is 0 Å². The van der Waals surface area contributed by atoms with Gasteiger partial charge in [0.15, 0.2) is 23.0 Å². The lowest BCUT2D eigenvalue weighted by Gasteiger charge is -2.15. The Morgan fingerprint density at radius 3 is 2.23 bits per heavy atom. The van der Waals surface area contributed by atoms with Crippen LogP contribution < -0.4 is 18.9 Å². The third-order valence-electron chi connectivity index (χ3n) is 4.00. The summed E-state index contributed by atoms with van der Waals surface area (Å²) in [4.78, 5) is 0. The first-order chi connectivity index (χ1) is 12.6. The van der Waals surface area contributed by atoms with Gasteiger partial charge in [0.1, 0.15) is 5.75 Å². The van der Waals surface area contributed by atoms with Crippen LogP contribution in [0, 0.1) is 0 Å². The molecule has 7 heteroatoms. The molecule has 26 heavy (non-hydrogen) atoms. The van der Waals surface area contributed by atoms with Gasteiger partial charge in [-0.25, -0.2) is 0 Å². The van der Waals surface area contributed by atoms with E-state index < -0.39 is 0 Å². The molecule has 0 aliphatic heterocycles. The summed E-state index contributed by atoms with van der Waals surface area (Å²) in [5, 5.41) is 12.0. The molecule has 0 atom stereocenters. The Bertz CT molecular complexity index is 922. The number of phenols is 1. The standard InChI is InChI=1S/C19H19NO5S/c1-22-12-8-13(19(25-4)17(9-12)24-3)18-14(10-26-20-18)11-5-6-16(23-2)15(21)7-11/h5-10,21H,1-4H3. The highest BCUT2D eigenvalue weighted by Crippen LogP contribution is 2.45. The minimum atomic E-state index is 0.0670. The fraction of sp³-hybridized carbons (Fsp3) is 0.211. The Labute approximate surface area is 155 Å². The number of rotatable bonds is 6. The summed E-state index contributed by atoms with van der Waals surface area (Å²) in [6, 6.07) is 8.85. The van der Waals surface area contributed by atoms with Gasteiger partial charge in [-0.15, -0.1) is 0 Å². The molecule has 136 valence electrons. The van der Waals surface area contributed by atoms with Gasteiger partial charge in [-0.1, -0.05) is 6.07 Å². The molecule has 1 aromatic heterocycles. The van der Waals surface area contributed by atoms with Crippen LogP contribution in [0.4, 0.5) is 0 Å². The van der Waals surface area contributed by atoms with Crippen molar-refractivity contribution in [2.24, 2.45) is 0 Å². The van der Waals surface area contributed by atoms with Gasteiger partial charge in [-0.05, 0) is 35.3 Å². The summed E-state index contributed by atoms with van der Waals surface area (Å²) in [6.07, 6.45) is 0. The first-order valence-corrected chi connectivity index (χ1v) is 8.58. The molecule has 1 N–H and O–H groups in total. The highest BCUT2D eigenvalue weighted by molar-refractivity contribution is 7.04. The average molecular weight is 373 g/mol. The number of aromatic hydroxyl groups is 1. The van der Waals surface area contributed by atoms with Gasteiger partial charge in [-0.3, -0.25) is 0 Å². The lowest BCUT2D eigenvalue weighted by Crippen LogP contribution is -1.96. The molecule has 0 unspecified atom stereocenters. The molecular weight excluding hydrogens is 354 g/mol. The Balaban J connectivity index is 2.19. The minimum absolute atomic E-state index is 0.0670. The molecule has 0 aliphatic rings. The lowest BCUT2D eigenvalue weighted by molar-refractivity contribution is 0.350. The Morgan fingerprint density at radius 2 is 1.62 bits per heavy atom. The van der Waals surface area contributed by atoms with Crippen LogP contribution in [-0.4, -0.2) is 37.9 Å². The largest absolute Gasteiger partial charge is 0.504 e. The maximum Gasteiger partial charge on any atom is 0.170 e. The first-order valence-electron chi connectivity index (χ1n) is 7.75. The Morgan fingerprint density at radius 1 is 0.846 bits per heavy atom. The van der Waals surface area contributed by atoms with Crippen molar-refractivity contribution >= 4 is 11.5 Å². The summed E-state index contributed by atoms with van der Waals surface area (Å²) < 4.78 is 26.0. The predicted octanol–water partition coefficient (Wildman–Crippen LogP) is 4.22. The number of ether oxygens (including phenoxy) is 4. The number of hydrogen-bond donors (Lipinski definition) is 1. The molecule has 0 spiro atoms. The van der Waals surface area contributed by atoms with Crippen molar-refractivity contribution in [3.63, 3.8) is 0 Å². The summed E-state index contributed by atoms with van der Waals surface area (Å²) in [5.41, 5.74) is 3.14. The molecule has 0 amide bonds. The van der Waals surface area contributed by atoms with Gasteiger partial charge in [-0.2, -0.15) is 4.37 Å². The molecule has 3 aromatic rings. The van der Waals surface area contributed by atoms with Crippen molar-refractivity contribution in [1.29, 1.82) is 0 Å². The monoisotopic (exact) mass is 373 g/mol. The van der Waals surface area contributed by atoms with E-state index in [0.29, 0.717) is 28.7 Å². The van der Waals surface area contributed by atoms with E-state index in [1.807, 2.05) is 17.5 Å². The molecule has 3 rings (SSSR count). The van der Waals surface area contributed by atoms with Gasteiger partial charge in [0.05, 0.1) is 39.7 Å². The lowest BCUT2D eigenvalue weighted by atomic mass is 10.00. The number of methoxy groups -OCH3 is 4. The number of phenolic OH excluding ortho intramolecular Hbond substituents is 1. The summed E-state index contributed by atoms with van der Waals surface area (Å²) in [7, 11) is 6.26. The van der Waals surface area contributed by atoms with Gasteiger partial charge in [0, 0.05) is 17.0 Å². The number of aromatic nitrogens is 1. The SMILES string of the molecule is COc1cc(OC)c(OC)c(-c2nscc2-c2ccc(OC)c(O)c2)c1. The first kappa shape index (κ1) is 17.9. The molecule has 0 fully saturated rings. The number of nitrogens with zero attached hydrogens (tertiary/aromatic N) is 1. The zero-order valence-electron chi connectivity index (χ0n) is 14.9. The second kappa shape index (κ2) is 7.53. The van der Waals surface area contributed by atoms with E-state index in [-0.39, 0.29) is 5.75 Å². The molecule has 1 heterocycles. The van der Waals surface area contributed by atoms with E-state index in [1.54, 1.807) is 39.5 Å². The Hall–Kier alpha value is -2.93. The second-order valence-corrected chi connectivity index (χ2v) is 6.00. The van der Waals surface area contributed by atoms with Gasteiger partial charge >= 0.3 is 0 Å². The average Bonchev–Trinajstić information content (AvgIpc) is 3.16. The molecular formula is C19H19NO5S. The van der Waals surface area contributed by atoms with Crippen LogP contribution in [0.1, 0.15) is 0 Å². The predicted molar refractivity (Wildman–Crippen MR) is 101 cm³/mol. The topological polar surface area (TPSA) is 70.0 Å². The van der Waals surface area contributed by atoms with E-state index in [2.05, 4.69) is 4.37 Å². The maximum atomic E-state index is 10.1. The van der Waals surface area contributed by atoms with Gasteiger partial charge < -0.3 is 24.1 Å². The van der Waals surface area contributed by atoms with Crippen LogP contribution in [0.5, 0.6) is 28.7 Å². The van der Waals surface area contributed by atoms with Crippen molar-refractivity contribution in [2.45, 2.75) is 0 Å². The molecule has 0 radical (unpaired) electrons. The van der Waals surface area contributed by atoms with Crippen LogP contribution in [0.25, 0.3) is 22.4 Å². The molecule has 0 bridgehead atoms. The normalized spacial score (nSPS) is 10.5. The van der Waals surface area contributed by atoms with Crippen molar-refractivity contribution in [3.8, 4) is 51.1 Å². The van der Waals surface area contributed by atoms with E-state index in [0.717, 1.165) is 16.7 Å². The zero-order chi connectivity index (χ0) is 18.7. The fourth-order valence-electron chi connectivity index (χ4n) is 2.73. The van der Waals surface area contributed by atoms with E-state index >= 15 is 0 Å². The van der Waals surface area contributed by atoms with Gasteiger partial charge in [0.25, 0.3) is 0 Å². The van der Waals surface area contributed by atoms with Gasteiger partial charge in [0.2, 0.25) is 0 Å². The summed E-state index contributed by atoms with van der Waals surface area (Å²) in [6.45, 7) is 0. The minimum Gasteiger partial charge on any atom is -0.504 e. The highest BCUT2D eigenvalue weighted by Gasteiger charge is 2.20. The number of benzene rings is 2. The Kier molecular flexibility index (Phi) is 5.18. The van der Waals surface area contributed by atoms with Crippen molar-refractivity contribution in [3.05, 3.63) is 35.7 Å². The molecule has 6 nitrogen and oxygen atoms in total. The van der Waals surface area contributed by atoms with Crippen molar-refractivity contribution in [2.75, 3.05) is 28.4 Å². The van der Waals surface area contributed by atoms with Crippen molar-refractivity contribution in [1.82, 2.24) is 4.37 Å². The molecule has 0 saturated carbocycles. The van der Waals surface area contributed by atoms with Crippen LogP contribution in [0.2, 0.25) is 0 Å². The van der Waals surface area contributed by atoms with E-state index in [4.69, 9.17) is 18.9 Å². The second-order valence-electron chi connectivity index (χ2n) is 5.37. The highest BCUT2D eigenvalue weighted by atomic mass is 32.1. The van der Waals surface area contributed by atoms with E-state index in [1.165, 1.54) is 18.6 Å². The fourth-order valence-corrected chi connectivity index (χ4v) is 3.43. The molecule has 0 saturated heterocycles.